The molecular formula is C28H19BrCl2N2O4. The number of anilines is 2. The van der Waals surface area contributed by atoms with Crippen LogP contribution in [0.4, 0.5) is 11.4 Å². The van der Waals surface area contributed by atoms with Crippen molar-refractivity contribution < 1.29 is 19.1 Å². The lowest BCUT2D eigenvalue weighted by Gasteiger charge is -2.36. The van der Waals surface area contributed by atoms with Crippen LogP contribution in [-0.4, -0.2) is 36.8 Å². The van der Waals surface area contributed by atoms with Crippen molar-refractivity contribution in [2.24, 2.45) is 11.8 Å². The second-order valence-electron chi connectivity index (χ2n) is 9.13. The van der Waals surface area contributed by atoms with Crippen LogP contribution >= 0.6 is 39.1 Å². The smallest absolute Gasteiger partial charge is 0.240 e. The quantitative estimate of drug-likeness (QED) is 0.271. The Labute approximate surface area is 231 Å². The molecule has 0 unspecified atom stereocenters. The molecule has 2 fully saturated rings. The van der Waals surface area contributed by atoms with Crippen molar-refractivity contribution in [2.75, 3.05) is 16.9 Å². The van der Waals surface area contributed by atoms with Gasteiger partial charge in [0.25, 0.3) is 0 Å². The van der Waals surface area contributed by atoms with Crippen molar-refractivity contribution in [2.45, 2.75) is 12.1 Å². The molecule has 0 saturated carbocycles. The topological polar surface area (TPSA) is 66.9 Å². The van der Waals surface area contributed by atoms with E-state index in [1.807, 2.05) is 41.3 Å². The second-order valence-corrected chi connectivity index (χ2v) is 10.8. The van der Waals surface area contributed by atoms with E-state index in [9.17, 15) is 14.4 Å². The third-order valence-corrected chi connectivity index (χ3v) is 8.43. The number of ketones is 1. The number of carbonyl (C=O) groups is 3. The highest BCUT2D eigenvalue weighted by Crippen LogP contribution is 2.50. The SMILES string of the molecule is COc1ccc(C(=O)[C@@H]2[C@@H]3C(=O)N(c4ccc(Cl)cc4Cl)C(=O)[C@H]3[C@H]3C=Cc4ccccc4N32)cc1Br. The molecule has 4 atom stereocenters. The normalized spacial score (nSPS) is 23.7. The Morgan fingerprint density at radius 2 is 1.70 bits per heavy atom. The molecule has 0 radical (unpaired) electrons. The zero-order chi connectivity index (χ0) is 26.0. The average Bonchev–Trinajstić information content (AvgIpc) is 3.36. The van der Waals surface area contributed by atoms with Gasteiger partial charge in [0.15, 0.2) is 5.78 Å². The van der Waals surface area contributed by atoms with Crippen LogP contribution in [0.15, 0.2) is 71.2 Å². The molecule has 6 rings (SSSR count). The van der Waals surface area contributed by atoms with Crippen molar-refractivity contribution in [3.05, 3.63) is 92.4 Å². The number of para-hydroxylation sites is 1. The Morgan fingerprint density at radius 1 is 0.946 bits per heavy atom. The van der Waals surface area contributed by atoms with Gasteiger partial charge in [0.05, 0.1) is 40.2 Å². The fourth-order valence-corrected chi connectivity index (χ4v) is 6.74. The molecule has 0 spiro atoms. The number of ether oxygens (including phenoxy) is 1. The summed E-state index contributed by atoms with van der Waals surface area (Å²) in [5, 5.41) is 0.585. The summed E-state index contributed by atoms with van der Waals surface area (Å²) in [5.74, 6) is -2.15. The number of hydrogen-bond donors (Lipinski definition) is 0. The first kappa shape index (κ1) is 24.2. The summed E-state index contributed by atoms with van der Waals surface area (Å²) < 4.78 is 5.94. The van der Waals surface area contributed by atoms with Gasteiger partial charge in [0.1, 0.15) is 11.8 Å². The Balaban J connectivity index is 1.49. The molecule has 3 heterocycles. The zero-order valence-electron chi connectivity index (χ0n) is 19.4. The number of amides is 2. The van der Waals surface area contributed by atoms with E-state index in [1.54, 1.807) is 37.4 Å². The molecule has 0 bridgehead atoms. The molecule has 3 aliphatic rings. The van der Waals surface area contributed by atoms with Crippen molar-refractivity contribution >= 4 is 74.2 Å². The van der Waals surface area contributed by atoms with Crippen LogP contribution < -0.4 is 14.5 Å². The van der Waals surface area contributed by atoms with Crippen molar-refractivity contribution in [3.63, 3.8) is 0 Å². The maximum atomic E-state index is 14.2. The van der Waals surface area contributed by atoms with Crippen LogP contribution in [0.2, 0.25) is 10.0 Å². The summed E-state index contributed by atoms with van der Waals surface area (Å²) in [5.41, 5.74) is 2.41. The minimum absolute atomic E-state index is 0.192. The lowest BCUT2D eigenvalue weighted by molar-refractivity contribution is -0.122. The van der Waals surface area contributed by atoms with Crippen LogP contribution in [-0.2, 0) is 9.59 Å². The Bertz CT molecular complexity index is 1520. The van der Waals surface area contributed by atoms with Crippen LogP contribution in [0.25, 0.3) is 6.08 Å². The predicted octanol–water partition coefficient (Wildman–Crippen LogP) is 6.04. The van der Waals surface area contributed by atoms with Gasteiger partial charge in [0, 0.05) is 16.3 Å². The van der Waals surface area contributed by atoms with E-state index in [0.717, 1.165) is 16.2 Å². The largest absolute Gasteiger partial charge is 0.496 e. The Hall–Kier alpha value is -3.13. The first-order valence-corrected chi connectivity index (χ1v) is 13.1. The van der Waals surface area contributed by atoms with Crippen molar-refractivity contribution in [3.8, 4) is 5.75 Å². The van der Waals surface area contributed by atoms with Gasteiger partial charge in [0.2, 0.25) is 11.8 Å². The molecular weight excluding hydrogens is 579 g/mol. The lowest BCUT2D eigenvalue weighted by atomic mass is 9.86. The van der Waals surface area contributed by atoms with Gasteiger partial charge in [-0.15, -0.1) is 0 Å². The van der Waals surface area contributed by atoms with Gasteiger partial charge in [-0.3, -0.25) is 14.4 Å². The second kappa shape index (κ2) is 9.01. The zero-order valence-corrected chi connectivity index (χ0v) is 22.5. The van der Waals surface area contributed by atoms with Gasteiger partial charge in [-0.1, -0.05) is 53.6 Å². The maximum Gasteiger partial charge on any atom is 0.240 e. The number of carbonyl (C=O) groups excluding carboxylic acids is 3. The van der Waals surface area contributed by atoms with Gasteiger partial charge in [-0.2, -0.15) is 0 Å². The molecule has 9 heteroatoms. The van der Waals surface area contributed by atoms with E-state index in [-0.39, 0.29) is 22.4 Å². The number of methoxy groups -OCH3 is 1. The molecule has 0 aliphatic carbocycles. The number of nitrogens with zero attached hydrogens (tertiary/aromatic N) is 2. The van der Waals surface area contributed by atoms with Gasteiger partial charge in [-0.05, 0) is 64.0 Å². The minimum Gasteiger partial charge on any atom is -0.496 e. The number of halogens is 3. The molecule has 0 N–H and O–H groups in total. The molecule has 2 amide bonds. The fourth-order valence-electron chi connectivity index (χ4n) is 5.70. The fraction of sp³-hybridized carbons (Fsp3) is 0.179. The Morgan fingerprint density at radius 3 is 2.43 bits per heavy atom. The van der Waals surface area contributed by atoms with E-state index < -0.39 is 29.8 Å². The van der Waals surface area contributed by atoms with Gasteiger partial charge < -0.3 is 9.64 Å². The van der Waals surface area contributed by atoms with Crippen LogP contribution in [0.1, 0.15) is 15.9 Å². The Kier molecular flexibility index (Phi) is 5.90. The number of Topliss-reactive ketones (excluding diaryl/α,β-unsaturated/α-hetero) is 1. The summed E-state index contributed by atoms with van der Waals surface area (Å²) in [4.78, 5) is 45.1. The van der Waals surface area contributed by atoms with Crippen molar-refractivity contribution in [1.82, 2.24) is 0 Å². The lowest BCUT2D eigenvalue weighted by Crippen LogP contribution is -2.48. The standard InChI is InChI=1S/C28H19BrCl2N2O4/c1-37-22-11-7-15(12-17(22)29)26(34)25-24-23(21-9-6-14-4-2-3-5-19(14)32(21)25)27(35)33(28(24)36)20-10-8-16(30)13-18(20)31/h2-13,21,23-25H,1H3/t21-,23+,24-,25+/m1/s1. The third-order valence-electron chi connectivity index (χ3n) is 7.27. The first-order chi connectivity index (χ1) is 17.8. The van der Waals surface area contributed by atoms with Gasteiger partial charge in [-0.25, -0.2) is 4.90 Å². The highest BCUT2D eigenvalue weighted by atomic mass is 79.9. The molecule has 3 aromatic carbocycles. The summed E-state index contributed by atoms with van der Waals surface area (Å²) in [6.07, 6.45) is 3.86. The average molecular weight is 598 g/mol. The number of hydrogen-bond acceptors (Lipinski definition) is 5. The molecule has 6 nitrogen and oxygen atoms in total. The van der Waals surface area contributed by atoms with Crippen LogP contribution in [0.5, 0.6) is 5.75 Å². The number of fused-ring (bicyclic) bond motifs is 5. The molecule has 186 valence electrons. The van der Waals surface area contributed by atoms with Crippen LogP contribution in [0.3, 0.4) is 0 Å². The first-order valence-electron chi connectivity index (χ1n) is 11.6. The monoisotopic (exact) mass is 596 g/mol. The summed E-state index contributed by atoms with van der Waals surface area (Å²) in [7, 11) is 1.55. The third kappa shape index (κ3) is 3.63. The van der Waals surface area contributed by atoms with E-state index in [4.69, 9.17) is 27.9 Å². The van der Waals surface area contributed by atoms with Crippen LogP contribution in [0, 0.1) is 11.8 Å². The number of imide groups is 1. The molecule has 3 aromatic rings. The maximum absolute atomic E-state index is 14.2. The molecule has 2 saturated heterocycles. The summed E-state index contributed by atoms with van der Waals surface area (Å²) in [6, 6.07) is 16.0. The van der Waals surface area contributed by atoms with Crippen molar-refractivity contribution in [1.29, 1.82) is 0 Å². The molecule has 3 aliphatic heterocycles. The van der Waals surface area contributed by atoms with E-state index in [1.165, 1.54) is 6.07 Å². The van der Waals surface area contributed by atoms with E-state index in [2.05, 4.69) is 15.9 Å². The van der Waals surface area contributed by atoms with E-state index >= 15 is 0 Å². The number of benzene rings is 3. The van der Waals surface area contributed by atoms with E-state index in [0.29, 0.717) is 20.8 Å². The van der Waals surface area contributed by atoms with Gasteiger partial charge >= 0.3 is 0 Å². The minimum atomic E-state index is -0.895. The predicted molar refractivity (Wildman–Crippen MR) is 146 cm³/mol. The molecule has 0 aromatic heterocycles. The summed E-state index contributed by atoms with van der Waals surface area (Å²) in [6.45, 7) is 0. The highest BCUT2D eigenvalue weighted by molar-refractivity contribution is 9.10. The molecule has 37 heavy (non-hydrogen) atoms. The number of rotatable bonds is 4. The highest BCUT2D eigenvalue weighted by Gasteiger charge is 2.64. The summed E-state index contributed by atoms with van der Waals surface area (Å²) >= 11 is 15.9.